The van der Waals surface area contributed by atoms with Gasteiger partial charge in [0.1, 0.15) is 5.75 Å². The molecule has 1 amide bonds. The molecule has 1 N–H and O–H groups in total. The molecule has 0 radical (unpaired) electrons. The number of hydrogen-bond acceptors (Lipinski definition) is 5. The van der Waals surface area contributed by atoms with Gasteiger partial charge in [0.15, 0.2) is 0 Å². The first-order chi connectivity index (χ1) is 13.5. The number of pyridine rings is 1. The molecular formula is C20H17N3O5. The number of carbonyl (C=O) groups excluding carboxylic acids is 1. The smallest absolute Gasteiger partial charge is 0.271 e. The van der Waals surface area contributed by atoms with Crippen LogP contribution in [0.3, 0.4) is 0 Å². The molecule has 3 rings (SSSR count). The topological polar surface area (TPSA) is 103 Å². The maximum atomic E-state index is 12.6. The van der Waals surface area contributed by atoms with E-state index in [9.17, 15) is 19.7 Å². The zero-order valence-electron chi connectivity index (χ0n) is 15.0. The number of hydrogen-bond donors (Lipinski definition) is 1. The molecule has 0 aliphatic carbocycles. The molecule has 142 valence electrons. The molecule has 0 atom stereocenters. The Kier molecular flexibility index (Phi) is 5.50. The summed E-state index contributed by atoms with van der Waals surface area (Å²) in [6.07, 6.45) is 1.45. The largest absolute Gasteiger partial charge is 0.495 e. The number of nitrogens with one attached hydrogen (secondary N) is 1. The summed E-state index contributed by atoms with van der Waals surface area (Å²) in [5, 5.41) is 13.6. The fourth-order valence-corrected chi connectivity index (χ4v) is 2.67. The normalized spacial score (nSPS) is 10.3. The van der Waals surface area contributed by atoms with Gasteiger partial charge in [0.05, 0.1) is 29.8 Å². The molecular weight excluding hydrogens is 362 g/mol. The van der Waals surface area contributed by atoms with Gasteiger partial charge in [0, 0.05) is 24.4 Å². The van der Waals surface area contributed by atoms with Crippen LogP contribution in [0.4, 0.5) is 11.4 Å². The van der Waals surface area contributed by atoms with E-state index in [-0.39, 0.29) is 28.2 Å². The van der Waals surface area contributed by atoms with Crippen LogP contribution in [0, 0.1) is 10.1 Å². The average molecular weight is 379 g/mol. The summed E-state index contributed by atoms with van der Waals surface area (Å²) in [7, 11) is 1.40. The Labute approximate surface area is 160 Å². The van der Waals surface area contributed by atoms with Crippen LogP contribution in [0.1, 0.15) is 15.9 Å². The van der Waals surface area contributed by atoms with Gasteiger partial charge in [0.25, 0.3) is 17.2 Å². The van der Waals surface area contributed by atoms with Crippen molar-refractivity contribution in [3.05, 3.63) is 98.5 Å². The molecule has 0 fully saturated rings. The first-order valence-electron chi connectivity index (χ1n) is 8.36. The van der Waals surface area contributed by atoms with Gasteiger partial charge in [-0.3, -0.25) is 19.7 Å². The zero-order valence-corrected chi connectivity index (χ0v) is 15.0. The highest BCUT2D eigenvalue weighted by molar-refractivity contribution is 6.05. The van der Waals surface area contributed by atoms with Crippen LogP contribution in [-0.4, -0.2) is 22.5 Å². The van der Waals surface area contributed by atoms with Crippen LogP contribution in [0.25, 0.3) is 0 Å². The van der Waals surface area contributed by atoms with E-state index in [2.05, 4.69) is 5.32 Å². The molecule has 1 heterocycles. The highest BCUT2D eigenvalue weighted by Gasteiger charge is 2.15. The fourth-order valence-electron chi connectivity index (χ4n) is 2.67. The fraction of sp³-hybridized carbons (Fsp3) is 0.100. The van der Waals surface area contributed by atoms with E-state index in [0.29, 0.717) is 6.54 Å². The number of methoxy groups -OCH3 is 1. The van der Waals surface area contributed by atoms with Gasteiger partial charge in [-0.05, 0) is 17.7 Å². The van der Waals surface area contributed by atoms with Crippen LogP contribution in [0.2, 0.25) is 0 Å². The van der Waals surface area contributed by atoms with E-state index < -0.39 is 10.8 Å². The number of rotatable bonds is 6. The quantitative estimate of drug-likeness (QED) is 0.524. The first-order valence-corrected chi connectivity index (χ1v) is 8.36. The predicted octanol–water partition coefficient (Wildman–Crippen LogP) is 3.07. The summed E-state index contributed by atoms with van der Waals surface area (Å²) in [6, 6.07) is 16.0. The zero-order chi connectivity index (χ0) is 20.1. The Morgan fingerprint density at radius 1 is 1.14 bits per heavy atom. The number of anilines is 1. The molecule has 0 aliphatic heterocycles. The number of carbonyl (C=O) groups is 1. The Morgan fingerprint density at radius 2 is 1.89 bits per heavy atom. The Balaban J connectivity index is 1.87. The lowest BCUT2D eigenvalue weighted by Crippen LogP contribution is -2.22. The summed E-state index contributed by atoms with van der Waals surface area (Å²) in [5.74, 6) is -0.225. The standard InChI is InChI=1S/C20H17N3O5/c1-28-18-9-8-16(23(26)27)11-17(18)21-20(25)15-7-10-19(24)22(13-15)12-14-5-3-2-4-6-14/h2-11,13H,12H2,1H3,(H,21,25). The Hall–Kier alpha value is -3.94. The number of non-ortho nitro benzene ring substituents is 1. The van der Waals surface area contributed by atoms with Crippen molar-refractivity contribution in [3.63, 3.8) is 0 Å². The Bertz CT molecular complexity index is 1080. The molecule has 0 spiro atoms. The number of nitro benzene ring substituents is 1. The minimum atomic E-state index is -0.560. The molecule has 3 aromatic rings. The third kappa shape index (κ3) is 4.24. The Morgan fingerprint density at radius 3 is 2.57 bits per heavy atom. The molecule has 8 heteroatoms. The second-order valence-electron chi connectivity index (χ2n) is 5.97. The molecule has 28 heavy (non-hydrogen) atoms. The van der Waals surface area contributed by atoms with Gasteiger partial charge in [-0.1, -0.05) is 30.3 Å². The molecule has 1 aromatic heterocycles. The van der Waals surface area contributed by atoms with Crippen LogP contribution in [-0.2, 0) is 6.54 Å². The van der Waals surface area contributed by atoms with Crippen molar-refractivity contribution in [2.75, 3.05) is 12.4 Å². The minimum absolute atomic E-state index is 0.169. The third-order valence-corrected chi connectivity index (χ3v) is 4.08. The molecule has 8 nitrogen and oxygen atoms in total. The first kappa shape index (κ1) is 18.8. The molecule has 0 saturated heterocycles. The SMILES string of the molecule is COc1ccc([N+](=O)[O-])cc1NC(=O)c1ccc(=O)n(Cc2ccccc2)c1. The van der Waals surface area contributed by atoms with E-state index in [0.717, 1.165) is 5.56 Å². The second-order valence-corrected chi connectivity index (χ2v) is 5.97. The van der Waals surface area contributed by atoms with E-state index in [1.807, 2.05) is 30.3 Å². The molecule has 2 aromatic carbocycles. The van der Waals surface area contributed by atoms with Crippen molar-refractivity contribution < 1.29 is 14.5 Å². The lowest BCUT2D eigenvalue weighted by Gasteiger charge is -2.11. The maximum absolute atomic E-state index is 12.6. The monoisotopic (exact) mass is 379 g/mol. The molecule has 0 saturated carbocycles. The van der Waals surface area contributed by atoms with Crippen LogP contribution < -0.4 is 15.6 Å². The third-order valence-electron chi connectivity index (χ3n) is 4.08. The molecule has 0 aliphatic rings. The highest BCUT2D eigenvalue weighted by atomic mass is 16.6. The summed E-state index contributed by atoms with van der Waals surface area (Å²) < 4.78 is 6.57. The summed E-state index contributed by atoms with van der Waals surface area (Å²) in [4.78, 5) is 35.2. The van der Waals surface area contributed by atoms with Crippen LogP contribution >= 0.6 is 0 Å². The van der Waals surface area contributed by atoms with Gasteiger partial charge >= 0.3 is 0 Å². The van der Waals surface area contributed by atoms with E-state index >= 15 is 0 Å². The minimum Gasteiger partial charge on any atom is -0.495 e. The number of nitro groups is 1. The van der Waals surface area contributed by atoms with Gasteiger partial charge < -0.3 is 14.6 Å². The second kappa shape index (κ2) is 8.17. The lowest BCUT2D eigenvalue weighted by atomic mass is 10.2. The van der Waals surface area contributed by atoms with Crippen molar-refractivity contribution in [1.29, 1.82) is 0 Å². The lowest BCUT2D eigenvalue weighted by molar-refractivity contribution is -0.384. The number of ether oxygens (including phenoxy) is 1. The van der Waals surface area contributed by atoms with Gasteiger partial charge in [-0.15, -0.1) is 0 Å². The average Bonchev–Trinajstić information content (AvgIpc) is 2.70. The van der Waals surface area contributed by atoms with Crippen LogP contribution in [0.5, 0.6) is 5.75 Å². The van der Waals surface area contributed by atoms with Gasteiger partial charge in [-0.2, -0.15) is 0 Å². The highest BCUT2D eigenvalue weighted by Crippen LogP contribution is 2.29. The van der Waals surface area contributed by atoms with Crippen molar-refractivity contribution in [3.8, 4) is 5.75 Å². The predicted molar refractivity (Wildman–Crippen MR) is 104 cm³/mol. The molecule has 0 bridgehead atoms. The van der Waals surface area contributed by atoms with Gasteiger partial charge in [-0.25, -0.2) is 0 Å². The summed E-state index contributed by atoms with van der Waals surface area (Å²) in [6.45, 7) is 0.320. The number of aromatic nitrogens is 1. The number of amides is 1. The van der Waals surface area contributed by atoms with Crippen molar-refractivity contribution in [2.45, 2.75) is 6.54 Å². The summed E-state index contributed by atoms with van der Waals surface area (Å²) in [5.41, 5.74) is 0.910. The van der Waals surface area contributed by atoms with E-state index in [4.69, 9.17) is 4.74 Å². The van der Waals surface area contributed by atoms with E-state index in [1.165, 1.54) is 48.2 Å². The number of nitrogens with zero attached hydrogens (tertiary/aromatic N) is 2. The van der Waals surface area contributed by atoms with Crippen LogP contribution in [0.15, 0.2) is 71.7 Å². The molecule has 0 unspecified atom stereocenters. The van der Waals surface area contributed by atoms with Crippen molar-refractivity contribution in [2.24, 2.45) is 0 Å². The van der Waals surface area contributed by atoms with E-state index in [1.54, 1.807) is 0 Å². The maximum Gasteiger partial charge on any atom is 0.271 e. The summed E-state index contributed by atoms with van der Waals surface area (Å²) >= 11 is 0. The van der Waals surface area contributed by atoms with Gasteiger partial charge in [0.2, 0.25) is 0 Å². The van der Waals surface area contributed by atoms with Crippen molar-refractivity contribution >= 4 is 17.3 Å². The number of benzene rings is 2. The van der Waals surface area contributed by atoms with Crippen molar-refractivity contribution in [1.82, 2.24) is 4.57 Å².